The molecule has 0 bridgehead atoms. The zero-order valence-electron chi connectivity index (χ0n) is 14.4. The maximum absolute atomic E-state index is 13.2. The second-order valence-electron chi connectivity index (χ2n) is 6.85. The Labute approximate surface area is 151 Å². The van der Waals surface area contributed by atoms with E-state index < -0.39 is 17.9 Å². The second-order valence-corrected chi connectivity index (χ2v) is 6.85. The number of para-hydroxylation sites is 1. The van der Waals surface area contributed by atoms with E-state index in [2.05, 4.69) is 20.2 Å². The smallest absolute Gasteiger partial charge is 0.258 e. The predicted molar refractivity (Wildman–Crippen MR) is 91.3 cm³/mol. The topological polar surface area (TPSA) is 60.9 Å². The van der Waals surface area contributed by atoms with E-state index in [1.807, 2.05) is 24.3 Å². The number of rotatable bonds is 3. The monoisotopic (exact) mass is 372 g/mol. The number of fused-ring (bicyclic) bond motifs is 3. The Balaban J connectivity index is 1.63. The summed E-state index contributed by atoms with van der Waals surface area (Å²) in [6.07, 6.45) is -1.15. The van der Waals surface area contributed by atoms with Crippen LogP contribution in [0, 0.1) is 0 Å². The van der Waals surface area contributed by atoms with Crippen molar-refractivity contribution in [3.05, 3.63) is 53.9 Å². The Hall–Kier alpha value is -2.97. The molecule has 5 rings (SSSR count). The summed E-state index contributed by atoms with van der Waals surface area (Å²) in [5, 5.41) is 9.11. The van der Waals surface area contributed by atoms with Gasteiger partial charge in [0.25, 0.3) is 0 Å². The molecule has 1 aromatic carbocycles. The molecule has 4 aromatic rings. The van der Waals surface area contributed by atoms with Crippen LogP contribution in [0.15, 0.2) is 36.7 Å². The van der Waals surface area contributed by atoms with E-state index in [0.29, 0.717) is 17.2 Å². The van der Waals surface area contributed by atoms with Crippen molar-refractivity contribution in [2.45, 2.75) is 37.9 Å². The predicted octanol–water partition coefficient (Wildman–Crippen LogP) is 3.98. The number of halogens is 3. The van der Waals surface area contributed by atoms with Gasteiger partial charge in [-0.15, -0.1) is 5.10 Å². The molecule has 3 heterocycles. The lowest BCUT2D eigenvalue weighted by atomic mass is 10.2. The van der Waals surface area contributed by atoms with Crippen LogP contribution in [0.1, 0.15) is 48.9 Å². The summed E-state index contributed by atoms with van der Waals surface area (Å²) in [5.74, 6) is 0.530. The molecule has 138 valence electrons. The molecule has 1 atom stereocenters. The highest BCUT2D eigenvalue weighted by molar-refractivity contribution is 5.90. The van der Waals surface area contributed by atoms with Gasteiger partial charge >= 0.3 is 6.18 Å². The molecular weight excluding hydrogens is 357 g/mol. The van der Waals surface area contributed by atoms with Gasteiger partial charge in [-0.3, -0.25) is 4.68 Å². The summed E-state index contributed by atoms with van der Waals surface area (Å²) in [4.78, 5) is 8.92. The van der Waals surface area contributed by atoms with Gasteiger partial charge in [0.1, 0.15) is 12.4 Å². The van der Waals surface area contributed by atoms with Crippen LogP contribution >= 0.6 is 0 Å². The molecular formula is C18H15F3N6. The molecule has 1 fully saturated rings. The fraction of sp³-hybridized carbons (Fsp3) is 0.333. The highest BCUT2D eigenvalue weighted by Crippen LogP contribution is 2.43. The average molecular weight is 372 g/mol. The van der Waals surface area contributed by atoms with Crippen LogP contribution in [-0.4, -0.2) is 29.4 Å². The van der Waals surface area contributed by atoms with Crippen molar-refractivity contribution in [2.75, 3.05) is 0 Å². The molecule has 0 radical (unpaired) electrons. The largest absolute Gasteiger partial charge is 0.435 e. The van der Waals surface area contributed by atoms with Crippen molar-refractivity contribution in [3.63, 3.8) is 0 Å². The first-order valence-corrected chi connectivity index (χ1v) is 8.68. The number of alkyl halides is 3. The quantitative estimate of drug-likeness (QED) is 0.546. The van der Waals surface area contributed by atoms with Gasteiger partial charge in [-0.25, -0.2) is 14.5 Å². The molecule has 0 amide bonds. The number of benzene rings is 1. The van der Waals surface area contributed by atoms with Crippen molar-refractivity contribution in [3.8, 4) is 0 Å². The van der Waals surface area contributed by atoms with Crippen LogP contribution in [-0.2, 0) is 6.18 Å². The van der Waals surface area contributed by atoms with E-state index in [1.54, 1.807) is 17.8 Å². The highest BCUT2D eigenvalue weighted by Gasteiger charge is 2.39. The Morgan fingerprint density at radius 3 is 2.67 bits per heavy atom. The minimum absolute atomic E-state index is 0.121. The van der Waals surface area contributed by atoms with E-state index in [-0.39, 0.29) is 5.92 Å². The highest BCUT2D eigenvalue weighted by atomic mass is 19.4. The lowest BCUT2D eigenvalue weighted by Crippen LogP contribution is -2.15. The Morgan fingerprint density at radius 1 is 1.15 bits per heavy atom. The van der Waals surface area contributed by atoms with Gasteiger partial charge in [0, 0.05) is 17.0 Å². The van der Waals surface area contributed by atoms with Gasteiger partial charge < -0.3 is 0 Å². The Bertz CT molecular complexity index is 1160. The van der Waals surface area contributed by atoms with Crippen LogP contribution < -0.4 is 0 Å². The summed E-state index contributed by atoms with van der Waals surface area (Å²) in [6.45, 7) is 1.77. The van der Waals surface area contributed by atoms with E-state index in [4.69, 9.17) is 0 Å². The number of hydrogen-bond acceptors (Lipinski definition) is 4. The van der Waals surface area contributed by atoms with Gasteiger partial charge in [0.05, 0.1) is 5.52 Å². The third kappa shape index (κ3) is 2.65. The summed E-state index contributed by atoms with van der Waals surface area (Å²) in [5.41, 5.74) is 1.14. The van der Waals surface area contributed by atoms with Crippen LogP contribution in [0.4, 0.5) is 13.2 Å². The van der Waals surface area contributed by atoms with E-state index in [1.165, 1.54) is 4.68 Å². The fourth-order valence-electron chi connectivity index (χ4n) is 3.32. The maximum atomic E-state index is 13.2. The van der Waals surface area contributed by atoms with Crippen molar-refractivity contribution >= 4 is 16.6 Å². The third-order valence-corrected chi connectivity index (χ3v) is 4.89. The van der Waals surface area contributed by atoms with Crippen LogP contribution in [0.25, 0.3) is 16.6 Å². The molecule has 0 N–H and O–H groups in total. The van der Waals surface area contributed by atoms with E-state index in [9.17, 15) is 13.2 Å². The van der Waals surface area contributed by atoms with Gasteiger partial charge in [0.2, 0.25) is 0 Å². The number of aromatic nitrogens is 6. The first kappa shape index (κ1) is 16.2. The Morgan fingerprint density at radius 2 is 1.93 bits per heavy atom. The lowest BCUT2D eigenvalue weighted by molar-refractivity contribution is -0.141. The zero-order valence-corrected chi connectivity index (χ0v) is 14.4. The first-order chi connectivity index (χ1) is 12.9. The van der Waals surface area contributed by atoms with Crippen LogP contribution in [0.2, 0.25) is 0 Å². The van der Waals surface area contributed by atoms with E-state index >= 15 is 0 Å². The lowest BCUT2D eigenvalue weighted by Gasteiger charge is -2.12. The number of nitrogens with zero attached hydrogens (tertiary/aromatic N) is 6. The summed E-state index contributed by atoms with van der Waals surface area (Å²) >= 11 is 0. The number of hydrogen-bond donors (Lipinski definition) is 0. The molecule has 1 aliphatic carbocycles. The van der Waals surface area contributed by atoms with Crippen molar-refractivity contribution in [1.82, 2.24) is 29.4 Å². The van der Waals surface area contributed by atoms with Gasteiger partial charge in [-0.1, -0.05) is 12.1 Å². The molecule has 1 saturated carbocycles. The van der Waals surface area contributed by atoms with Gasteiger partial charge in [-0.2, -0.15) is 18.3 Å². The molecule has 6 nitrogen and oxygen atoms in total. The van der Waals surface area contributed by atoms with Crippen molar-refractivity contribution in [2.24, 2.45) is 0 Å². The molecule has 0 saturated heterocycles. The zero-order chi connectivity index (χ0) is 18.8. The van der Waals surface area contributed by atoms with Crippen LogP contribution in [0.3, 0.4) is 0 Å². The van der Waals surface area contributed by atoms with Crippen molar-refractivity contribution < 1.29 is 13.2 Å². The molecule has 1 aliphatic rings. The average Bonchev–Trinajstić information content (AvgIpc) is 3.22. The summed E-state index contributed by atoms with van der Waals surface area (Å²) < 4.78 is 42.4. The summed E-state index contributed by atoms with van der Waals surface area (Å²) in [7, 11) is 0. The second kappa shape index (κ2) is 5.51. The molecule has 0 aliphatic heterocycles. The molecule has 0 spiro atoms. The first-order valence-electron chi connectivity index (χ1n) is 8.68. The maximum Gasteiger partial charge on any atom is 0.435 e. The SMILES string of the molecule is C[C@@H](c1nc2c3ccccc3ncn2n1)n1nc(C(F)(F)F)cc1C1CC1. The Kier molecular flexibility index (Phi) is 3.31. The minimum atomic E-state index is -4.47. The standard InChI is InChI=1S/C18H15F3N6/c1-10(27-14(11-6-7-11)8-15(24-27)18(19,20)21)16-23-17-12-4-2-3-5-13(12)22-9-26(17)25-16/h2-5,8-11H,6-7H2,1H3/t10-/m0/s1. The normalized spacial score (nSPS) is 16.3. The minimum Gasteiger partial charge on any atom is -0.258 e. The molecule has 0 unspecified atom stereocenters. The summed E-state index contributed by atoms with van der Waals surface area (Å²) in [6, 6.07) is 8.18. The molecule has 9 heteroatoms. The third-order valence-electron chi connectivity index (χ3n) is 4.89. The van der Waals surface area contributed by atoms with Gasteiger partial charge in [0.15, 0.2) is 17.2 Å². The van der Waals surface area contributed by atoms with Crippen LogP contribution in [0.5, 0.6) is 0 Å². The van der Waals surface area contributed by atoms with E-state index in [0.717, 1.165) is 29.8 Å². The van der Waals surface area contributed by atoms with Gasteiger partial charge in [-0.05, 0) is 38.0 Å². The molecule has 27 heavy (non-hydrogen) atoms. The fourth-order valence-corrected chi connectivity index (χ4v) is 3.32. The molecule has 3 aromatic heterocycles. The van der Waals surface area contributed by atoms with Crippen molar-refractivity contribution in [1.29, 1.82) is 0 Å².